The molecule has 0 atom stereocenters. The van der Waals surface area contributed by atoms with Crippen molar-refractivity contribution in [2.75, 3.05) is 5.32 Å². The second-order valence-electron chi connectivity index (χ2n) is 4.97. The van der Waals surface area contributed by atoms with Gasteiger partial charge in [0.25, 0.3) is 11.5 Å². The van der Waals surface area contributed by atoms with Gasteiger partial charge in [-0.1, -0.05) is 5.16 Å². The summed E-state index contributed by atoms with van der Waals surface area (Å²) < 4.78 is 6.45. The maximum Gasteiger partial charge on any atom is 0.278 e. The summed E-state index contributed by atoms with van der Waals surface area (Å²) in [5, 5.41) is 10.7. The van der Waals surface area contributed by atoms with Gasteiger partial charge in [-0.05, 0) is 38.7 Å². The third-order valence-corrected chi connectivity index (χ3v) is 3.59. The normalized spacial score (nSPS) is 13.8. The van der Waals surface area contributed by atoms with E-state index in [2.05, 4.69) is 15.6 Å². The summed E-state index contributed by atoms with van der Waals surface area (Å²) in [6, 6.07) is 2.74. The van der Waals surface area contributed by atoms with Gasteiger partial charge in [-0.3, -0.25) is 14.9 Å². The molecular formula is C14H16N4O3. The Morgan fingerprint density at radius 2 is 2.19 bits per heavy atom. The topological polar surface area (TPSA) is 90.0 Å². The molecule has 0 unspecified atom stereocenters. The summed E-state index contributed by atoms with van der Waals surface area (Å²) >= 11 is 0. The van der Waals surface area contributed by atoms with Crippen molar-refractivity contribution >= 4 is 11.8 Å². The monoisotopic (exact) mass is 288 g/mol. The lowest BCUT2D eigenvalue weighted by Crippen LogP contribution is -2.25. The van der Waals surface area contributed by atoms with Crippen molar-refractivity contribution in [1.29, 1.82) is 0 Å². The van der Waals surface area contributed by atoms with Crippen molar-refractivity contribution in [2.45, 2.75) is 39.2 Å². The molecule has 0 aliphatic heterocycles. The molecule has 2 aromatic rings. The van der Waals surface area contributed by atoms with E-state index in [9.17, 15) is 9.59 Å². The quantitative estimate of drug-likeness (QED) is 0.921. The molecular weight excluding hydrogens is 272 g/mol. The molecule has 21 heavy (non-hydrogen) atoms. The summed E-state index contributed by atoms with van der Waals surface area (Å²) in [5.41, 5.74) is 1.84. The Labute approximate surface area is 120 Å². The third kappa shape index (κ3) is 2.58. The van der Waals surface area contributed by atoms with Gasteiger partial charge in [-0.25, -0.2) is 4.68 Å². The predicted molar refractivity (Wildman–Crippen MR) is 75.3 cm³/mol. The highest BCUT2D eigenvalue weighted by Gasteiger charge is 2.21. The first-order chi connectivity index (χ1) is 10.2. The molecule has 0 aromatic carbocycles. The maximum absolute atomic E-state index is 12.2. The van der Waals surface area contributed by atoms with Crippen LogP contribution in [0, 0.1) is 0 Å². The summed E-state index contributed by atoms with van der Waals surface area (Å²) in [6.07, 6.45) is 3.90. The third-order valence-electron chi connectivity index (χ3n) is 3.59. The molecule has 0 bridgehead atoms. The van der Waals surface area contributed by atoms with Gasteiger partial charge in [0.05, 0.1) is 5.69 Å². The zero-order valence-corrected chi connectivity index (χ0v) is 11.8. The Kier molecular flexibility index (Phi) is 3.55. The fourth-order valence-corrected chi connectivity index (χ4v) is 2.45. The fourth-order valence-electron chi connectivity index (χ4n) is 2.45. The largest absolute Gasteiger partial charge is 0.338 e. The van der Waals surface area contributed by atoms with E-state index in [0.29, 0.717) is 12.4 Å². The minimum atomic E-state index is -0.401. The van der Waals surface area contributed by atoms with E-state index in [1.807, 2.05) is 0 Å². The molecule has 0 fully saturated rings. The van der Waals surface area contributed by atoms with Crippen molar-refractivity contribution < 1.29 is 9.32 Å². The highest BCUT2D eigenvalue weighted by molar-refractivity contribution is 6.02. The van der Waals surface area contributed by atoms with Crippen LogP contribution in [0.1, 0.15) is 41.5 Å². The predicted octanol–water partition coefficient (Wildman–Crippen LogP) is 1.38. The van der Waals surface area contributed by atoms with Crippen molar-refractivity contribution in [3.63, 3.8) is 0 Å². The summed E-state index contributed by atoms with van der Waals surface area (Å²) in [4.78, 5) is 23.7. The second-order valence-corrected chi connectivity index (χ2v) is 4.97. The smallest absolute Gasteiger partial charge is 0.278 e. The van der Waals surface area contributed by atoms with E-state index in [4.69, 9.17) is 4.52 Å². The van der Waals surface area contributed by atoms with Gasteiger partial charge in [0.15, 0.2) is 0 Å². The first kappa shape index (κ1) is 13.5. The molecule has 1 N–H and O–H groups in total. The van der Waals surface area contributed by atoms with Crippen LogP contribution in [0.25, 0.3) is 0 Å². The van der Waals surface area contributed by atoms with Crippen molar-refractivity contribution in [1.82, 2.24) is 14.9 Å². The molecule has 7 heteroatoms. The number of fused-ring (bicyclic) bond motifs is 1. The van der Waals surface area contributed by atoms with Gasteiger partial charge >= 0.3 is 0 Å². The lowest BCUT2D eigenvalue weighted by atomic mass is 9.98. The lowest BCUT2D eigenvalue weighted by Gasteiger charge is -2.09. The molecule has 110 valence electrons. The minimum Gasteiger partial charge on any atom is -0.338 e. The molecule has 0 saturated heterocycles. The van der Waals surface area contributed by atoms with E-state index >= 15 is 0 Å². The molecule has 0 spiro atoms. The van der Waals surface area contributed by atoms with Crippen LogP contribution in [-0.4, -0.2) is 20.8 Å². The molecule has 0 saturated carbocycles. The van der Waals surface area contributed by atoms with Crippen LogP contribution in [0.4, 0.5) is 5.88 Å². The minimum absolute atomic E-state index is 0.178. The van der Waals surface area contributed by atoms with E-state index < -0.39 is 5.91 Å². The van der Waals surface area contributed by atoms with Gasteiger partial charge in [0.2, 0.25) is 5.88 Å². The molecule has 3 rings (SSSR count). The number of anilines is 1. The number of hydrogen-bond acceptors (Lipinski definition) is 5. The van der Waals surface area contributed by atoms with Crippen molar-refractivity contribution in [2.24, 2.45) is 0 Å². The Morgan fingerprint density at radius 3 is 3.00 bits per heavy atom. The Hall–Kier alpha value is -2.44. The number of carbonyl (C=O) groups excluding carboxylic acids is 1. The molecule has 7 nitrogen and oxygen atoms in total. The van der Waals surface area contributed by atoms with E-state index in [1.54, 1.807) is 6.92 Å². The number of rotatable bonds is 3. The van der Waals surface area contributed by atoms with Crippen LogP contribution < -0.4 is 10.9 Å². The second kappa shape index (κ2) is 5.51. The van der Waals surface area contributed by atoms with Crippen molar-refractivity contribution in [3.05, 3.63) is 39.4 Å². The van der Waals surface area contributed by atoms with E-state index in [-0.39, 0.29) is 11.3 Å². The van der Waals surface area contributed by atoms with Crippen LogP contribution >= 0.6 is 0 Å². The van der Waals surface area contributed by atoms with Crippen LogP contribution in [0.15, 0.2) is 21.5 Å². The molecule has 2 aromatic heterocycles. The van der Waals surface area contributed by atoms with Gasteiger partial charge in [0.1, 0.15) is 5.69 Å². The van der Waals surface area contributed by atoms with Crippen LogP contribution in [-0.2, 0) is 19.4 Å². The van der Waals surface area contributed by atoms with E-state index in [0.717, 1.165) is 36.9 Å². The lowest BCUT2D eigenvalue weighted by molar-refractivity contribution is 0.101. The number of carbonyl (C=O) groups is 1. The maximum atomic E-state index is 12.2. The average Bonchev–Trinajstić information content (AvgIpc) is 2.91. The van der Waals surface area contributed by atoms with Gasteiger partial charge in [0, 0.05) is 18.2 Å². The number of nitrogens with one attached hydrogen (secondary N) is 1. The number of aromatic nitrogens is 3. The molecule has 1 aliphatic rings. The molecule has 2 heterocycles. The Balaban J connectivity index is 1.83. The Bertz CT molecular complexity index is 732. The molecule has 1 amide bonds. The number of amides is 1. The first-order valence-corrected chi connectivity index (χ1v) is 7.06. The van der Waals surface area contributed by atoms with Crippen LogP contribution in [0.2, 0.25) is 0 Å². The van der Waals surface area contributed by atoms with Gasteiger partial charge in [-0.15, -0.1) is 0 Å². The van der Waals surface area contributed by atoms with Gasteiger partial charge < -0.3 is 4.52 Å². The summed E-state index contributed by atoms with van der Waals surface area (Å²) in [6.45, 7) is 2.21. The van der Waals surface area contributed by atoms with E-state index in [1.165, 1.54) is 16.8 Å². The molecule has 1 aliphatic carbocycles. The fraction of sp³-hybridized carbons (Fsp3) is 0.429. The zero-order chi connectivity index (χ0) is 14.8. The van der Waals surface area contributed by atoms with Crippen molar-refractivity contribution in [3.8, 4) is 0 Å². The highest BCUT2D eigenvalue weighted by atomic mass is 16.5. The average molecular weight is 288 g/mol. The van der Waals surface area contributed by atoms with Crippen LogP contribution in [0.3, 0.4) is 0 Å². The zero-order valence-electron chi connectivity index (χ0n) is 11.8. The number of nitrogens with zero attached hydrogens (tertiary/aromatic N) is 3. The van der Waals surface area contributed by atoms with Gasteiger partial charge in [-0.2, -0.15) is 5.10 Å². The standard InChI is InChI=1S/C14H16N4O3/c1-2-18-12(19)8-7-11(16-18)13(20)15-14-9-5-3-4-6-10(9)17-21-14/h7-8H,2-6H2,1H3,(H,15,20). The summed E-state index contributed by atoms with van der Waals surface area (Å²) in [7, 11) is 0. The Morgan fingerprint density at radius 1 is 1.38 bits per heavy atom. The highest BCUT2D eigenvalue weighted by Crippen LogP contribution is 2.27. The summed E-state index contributed by atoms with van der Waals surface area (Å²) in [5.74, 6) is -0.00697. The number of aryl methyl sites for hydroxylation is 2. The SMILES string of the molecule is CCn1nc(C(=O)Nc2onc3c2CCCC3)ccc1=O. The number of hydrogen-bond donors (Lipinski definition) is 1. The molecule has 0 radical (unpaired) electrons. The van der Waals surface area contributed by atoms with Crippen LogP contribution in [0.5, 0.6) is 0 Å². The first-order valence-electron chi connectivity index (χ1n) is 7.06.